The number of nitrogens with zero attached hydrogens (tertiary/aromatic N) is 4. The number of aromatic amines is 1. The summed E-state index contributed by atoms with van der Waals surface area (Å²) in [5.74, 6) is 0.789. The number of ether oxygens (including phenoxy) is 1. The zero-order chi connectivity index (χ0) is 13.9. The molecule has 6 heteroatoms. The second-order valence-electron chi connectivity index (χ2n) is 5.18. The van der Waals surface area contributed by atoms with Crippen molar-refractivity contribution in [3.05, 3.63) is 41.5 Å². The molecule has 6 nitrogen and oxygen atoms in total. The molecule has 0 radical (unpaired) electrons. The molecule has 3 heterocycles. The molecule has 20 heavy (non-hydrogen) atoms. The summed E-state index contributed by atoms with van der Waals surface area (Å²) in [4.78, 5) is 18.5. The number of aromatic nitrogens is 4. The van der Waals surface area contributed by atoms with Crippen LogP contribution in [-0.4, -0.2) is 44.5 Å². The third-order valence-corrected chi connectivity index (χ3v) is 3.39. The topological polar surface area (TPSA) is 66.9 Å². The Morgan fingerprint density at radius 1 is 1.35 bits per heavy atom. The van der Waals surface area contributed by atoms with Crippen LogP contribution in [0.3, 0.4) is 0 Å². The van der Waals surface area contributed by atoms with Gasteiger partial charge in [-0.05, 0) is 19.9 Å². The van der Waals surface area contributed by atoms with Crippen molar-refractivity contribution in [2.75, 3.05) is 19.7 Å². The van der Waals surface area contributed by atoms with Gasteiger partial charge in [-0.2, -0.15) is 0 Å². The zero-order valence-corrected chi connectivity index (χ0v) is 11.8. The highest BCUT2D eigenvalue weighted by Gasteiger charge is 2.24. The molecular weight excluding hydrogens is 254 g/mol. The Morgan fingerprint density at radius 3 is 2.85 bits per heavy atom. The van der Waals surface area contributed by atoms with E-state index in [1.807, 2.05) is 26.1 Å². The molecule has 0 bridgehead atoms. The standard InChI is InChI=1S/C14H19N5O/c1-10-5-11(2)18-14(17-10)13-8-19(3-4-20-13)7-12-6-15-9-16-12/h5-6,9,13H,3-4,7-8H2,1-2H3,(H,15,16). The van der Waals surface area contributed by atoms with Crippen LogP contribution < -0.4 is 0 Å². The van der Waals surface area contributed by atoms with Gasteiger partial charge in [0, 0.05) is 42.9 Å². The lowest BCUT2D eigenvalue weighted by atomic mass is 10.2. The van der Waals surface area contributed by atoms with E-state index >= 15 is 0 Å². The van der Waals surface area contributed by atoms with Gasteiger partial charge in [0.25, 0.3) is 0 Å². The molecule has 1 saturated heterocycles. The fourth-order valence-corrected chi connectivity index (χ4v) is 2.51. The predicted octanol–water partition coefficient (Wildman–Crippen LogP) is 1.39. The second-order valence-corrected chi connectivity index (χ2v) is 5.18. The molecular formula is C14H19N5O. The largest absolute Gasteiger partial charge is 0.368 e. The Morgan fingerprint density at radius 2 is 2.15 bits per heavy atom. The number of imidazole rings is 1. The van der Waals surface area contributed by atoms with Crippen molar-refractivity contribution in [3.63, 3.8) is 0 Å². The maximum atomic E-state index is 5.83. The van der Waals surface area contributed by atoms with E-state index in [0.717, 1.165) is 42.5 Å². The first-order valence-corrected chi connectivity index (χ1v) is 6.84. The van der Waals surface area contributed by atoms with Crippen molar-refractivity contribution in [1.29, 1.82) is 0 Å². The number of nitrogens with one attached hydrogen (secondary N) is 1. The van der Waals surface area contributed by atoms with Crippen molar-refractivity contribution >= 4 is 0 Å². The van der Waals surface area contributed by atoms with E-state index < -0.39 is 0 Å². The first-order chi connectivity index (χ1) is 9.70. The van der Waals surface area contributed by atoms with Crippen LogP contribution in [0.1, 0.15) is 29.0 Å². The van der Waals surface area contributed by atoms with Crippen molar-refractivity contribution in [2.24, 2.45) is 0 Å². The molecule has 1 aliphatic rings. The van der Waals surface area contributed by atoms with E-state index in [1.165, 1.54) is 0 Å². The third kappa shape index (κ3) is 3.02. The Kier molecular flexibility index (Phi) is 3.75. The van der Waals surface area contributed by atoms with Crippen LogP contribution in [-0.2, 0) is 11.3 Å². The van der Waals surface area contributed by atoms with E-state index in [2.05, 4.69) is 24.8 Å². The van der Waals surface area contributed by atoms with E-state index in [1.54, 1.807) is 6.33 Å². The summed E-state index contributed by atoms with van der Waals surface area (Å²) in [6.45, 7) is 7.26. The molecule has 1 unspecified atom stereocenters. The van der Waals surface area contributed by atoms with E-state index in [0.29, 0.717) is 6.61 Å². The molecule has 1 aliphatic heterocycles. The van der Waals surface area contributed by atoms with Crippen LogP contribution in [0.4, 0.5) is 0 Å². The predicted molar refractivity (Wildman–Crippen MR) is 74.1 cm³/mol. The van der Waals surface area contributed by atoms with Gasteiger partial charge in [-0.15, -0.1) is 0 Å². The maximum Gasteiger partial charge on any atom is 0.158 e. The van der Waals surface area contributed by atoms with Crippen molar-refractivity contribution in [2.45, 2.75) is 26.5 Å². The van der Waals surface area contributed by atoms with Gasteiger partial charge in [0.2, 0.25) is 0 Å². The summed E-state index contributed by atoms with van der Waals surface area (Å²) in [6.07, 6.45) is 3.52. The molecule has 0 spiro atoms. The third-order valence-electron chi connectivity index (χ3n) is 3.39. The summed E-state index contributed by atoms with van der Waals surface area (Å²) in [6, 6.07) is 1.98. The molecule has 3 rings (SSSR count). The minimum Gasteiger partial charge on any atom is -0.368 e. The molecule has 106 valence electrons. The van der Waals surface area contributed by atoms with Crippen LogP contribution in [0, 0.1) is 13.8 Å². The molecule has 2 aromatic heterocycles. The molecule has 0 saturated carbocycles. The quantitative estimate of drug-likeness (QED) is 0.915. The van der Waals surface area contributed by atoms with Gasteiger partial charge in [0.15, 0.2) is 5.82 Å². The van der Waals surface area contributed by atoms with Gasteiger partial charge >= 0.3 is 0 Å². The fourth-order valence-electron chi connectivity index (χ4n) is 2.51. The summed E-state index contributed by atoms with van der Waals surface area (Å²) in [7, 11) is 0. The number of rotatable bonds is 3. The molecule has 1 fully saturated rings. The maximum absolute atomic E-state index is 5.83. The van der Waals surface area contributed by atoms with Gasteiger partial charge in [0.1, 0.15) is 6.10 Å². The fraction of sp³-hybridized carbons (Fsp3) is 0.500. The number of morpholine rings is 1. The van der Waals surface area contributed by atoms with Gasteiger partial charge in [-0.3, -0.25) is 4.90 Å². The molecule has 0 aromatic carbocycles. The van der Waals surface area contributed by atoms with Crippen molar-refractivity contribution in [1.82, 2.24) is 24.8 Å². The zero-order valence-electron chi connectivity index (χ0n) is 11.8. The Hall–Kier alpha value is -1.79. The lowest BCUT2D eigenvalue weighted by Crippen LogP contribution is -2.38. The Bertz CT molecular complexity index is 549. The van der Waals surface area contributed by atoms with Gasteiger partial charge in [-0.25, -0.2) is 15.0 Å². The van der Waals surface area contributed by atoms with Gasteiger partial charge in [0.05, 0.1) is 12.9 Å². The SMILES string of the molecule is Cc1cc(C)nc(C2CN(Cc3cnc[nH]3)CCO2)n1. The molecule has 1 N–H and O–H groups in total. The van der Waals surface area contributed by atoms with Gasteiger partial charge in [-0.1, -0.05) is 0 Å². The highest BCUT2D eigenvalue weighted by Crippen LogP contribution is 2.20. The number of hydrogen-bond donors (Lipinski definition) is 1. The Labute approximate surface area is 118 Å². The minimum absolute atomic E-state index is 0.0507. The first-order valence-electron chi connectivity index (χ1n) is 6.84. The molecule has 0 amide bonds. The number of H-pyrrole nitrogens is 1. The normalized spacial score (nSPS) is 20.2. The molecule has 2 aromatic rings. The van der Waals surface area contributed by atoms with Crippen molar-refractivity contribution in [3.8, 4) is 0 Å². The van der Waals surface area contributed by atoms with Crippen LogP contribution in [0.5, 0.6) is 0 Å². The highest BCUT2D eigenvalue weighted by atomic mass is 16.5. The summed E-state index contributed by atoms with van der Waals surface area (Å²) >= 11 is 0. The number of aryl methyl sites for hydroxylation is 2. The lowest BCUT2D eigenvalue weighted by molar-refractivity contribution is -0.0376. The number of hydrogen-bond acceptors (Lipinski definition) is 5. The monoisotopic (exact) mass is 273 g/mol. The summed E-state index contributed by atoms with van der Waals surface area (Å²) in [5, 5.41) is 0. The highest BCUT2D eigenvalue weighted by molar-refractivity contribution is 5.10. The van der Waals surface area contributed by atoms with Crippen LogP contribution in [0.15, 0.2) is 18.6 Å². The lowest BCUT2D eigenvalue weighted by Gasteiger charge is -2.31. The van der Waals surface area contributed by atoms with Crippen LogP contribution in [0.2, 0.25) is 0 Å². The van der Waals surface area contributed by atoms with Crippen LogP contribution >= 0.6 is 0 Å². The van der Waals surface area contributed by atoms with Crippen molar-refractivity contribution < 1.29 is 4.74 Å². The summed E-state index contributed by atoms with van der Waals surface area (Å²) < 4.78 is 5.83. The smallest absolute Gasteiger partial charge is 0.158 e. The average molecular weight is 273 g/mol. The molecule has 0 aliphatic carbocycles. The van der Waals surface area contributed by atoms with E-state index in [9.17, 15) is 0 Å². The minimum atomic E-state index is -0.0507. The molecule has 1 atom stereocenters. The van der Waals surface area contributed by atoms with Crippen LogP contribution in [0.25, 0.3) is 0 Å². The first kappa shape index (κ1) is 13.2. The van der Waals surface area contributed by atoms with E-state index in [-0.39, 0.29) is 6.10 Å². The average Bonchev–Trinajstić information content (AvgIpc) is 2.91. The second kappa shape index (κ2) is 5.68. The Balaban J connectivity index is 1.71. The summed E-state index contributed by atoms with van der Waals surface area (Å²) in [5.41, 5.74) is 3.09. The van der Waals surface area contributed by atoms with E-state index in [4.69, 9.17) is 4.74 Å². The van der Waals surface area contributed by atoms with Gasteiger partial charge < -0.3 is 9.72 Å².